The summed E-state index contributed by atoms with van der Waals surface area (Å²) in [5.74, 6) is -0.214. The smallest absolute Gasteiger partial charge is 0.323 e. The fourth-order valence-electron chi connectivity index (χ4n) is 1.66. The summed E-state index contributed by atoms with van der Waals surface area (Å²) in [6.45, 7) is 3.07. The van der Waals surface area contributed by atoms with E-state index in [1.54, 1.807) is 6.92 Å². The molecule has 1 aliphatic rings. The topological polar surface area (TPSA) is 58.6 Å². The molecule has 1 rings (SSSR count). The lowest BCUT2D eigenvalue weighted by Gasteiger charge is -2.29. The molecule has 0 radical (unpaired) electrons. The van der Waals surface area contributed by atoms with Gasteiger partial charge in [0.05, 0.1) is 6.61 Å². The molecule has 0 aromatic heterocycles. The van der Waals surface area contributed by atoms with Crippen molar-refractivity contribution in [2.24, 2.45) is 5.92 Å². The fraction of sp³-hybridized carbons (Fsp3) is 0.889. The van der Waals surface area contributed by atoms with Gasteiger partial charge in [-0.2, -0.15) is 0 Å². The third-order valence-corrected chi connectivity index (χ3v) is 2.36. The van der Waals surface area contributed by atoms with Gasteiger partial charge in [-0.25, -0.2) is 0 Å². The summed E-state index contributed by atoms with van der Waals surface area (Å²) in [4.78, 5) is 11.4. The Morgan fingerprint density at radius 1 is 1.69 bits per heavy atom. The van der Waals surface area contributed by atoms with Gasteiger partial charge < -0.3 is 15.2 Å². The van der Waals surface area contributed by atoms with E-state index in [1.807, 2.05) is 0 Å². The first-order chi connectivity index (χ1) is 6.29. The minimum Gasteiger partial charge on any atom is -0.465 e. The molecule has 0 spiro atoms. The summed E-state index contributed by atoms with van der Waals surface area (Å²) < 4.78 is 4.90. The molecule has 76 valence electrons. The molecule has 0 aromatic rings. The van der Waals surface area contributed by atoms with E-state index in [2.05, 4.69) is 5.32 Å². The third-order valence-electron chi connectivity index (χ3n) is 2.36. The molecule has 4 heteroatoms. The maximum atomic E-state index is 11.4. The number of carbonyl (C=O) groups is 1. The predicted octanol–water partition coefficient (Wildman–Crippen LogP) is -0.0900. The van der Waals surface area contributed by atoms with Crippen molar-refractivity contribution in [3.05, 3.63) is 0 Å². The Hall–Kier alpha value is -0.610. The van der Waals surface area contributed by atoms with Gasteiger partial charge in [0.25, 0.3) is 0 Å². The first-order valence-electron chi connectivity index (χ1n) is 4.80. The van der Waals surface area contributed by atoms with Crippen LogP contribution in [0.15, 0.2) is 0 Å². The predicted molar refractivity (Wildman–Crippen MR) is 48.2 cm³/mol. The van der Waals surface area contributed by atoms with Crippen LogP contribution in [0.25, 0.3) is 0 Å². The molecule has 0 amide bonds. The molecule has 1 heterocycles. The van der Waals surface area contributed by atoms with E-state index in [0.717, 1.165) is 19.4 Å². The SMILES string of the molecule is CCOC(=O)C1NCCCC1CO. The van der Waals surface area contributed by atoms with Crippen LogP contribution in [0.5, 0.6) is 0 Å². The molecular weight excluding hydrogens is 170 g/mol. The molecule has 0 bridgehead atoms. The lowest BCUT2D eigenvalue weighted by atomic mass is 9.92. The monoisotopic (exact) mass is 187 g/mol. The van der Waals surface area contributed by atoms with E-state index in [1.165, 1.54) is 0 Å². The van der Waals surface area contributed by atoms with Crippen LogP contribution in [-0.2, 0) is 9.53 Å². The van der Waals surface area contributed by atoms with Gasteiger partial charge in [0, 0.05) is 12.5 Å². The summed E-state index contributed by atoms with van der Waals surface area (Å²) >= 11 is 0. The zero-order valence-corrected chi connectivity index (χ0v) is 7.95. The first-order valence-corrected chi connectivity index (χ1v) is 4.80. The Bertz CT molecular complexity index is 172. The number of hydrogen-bond donors (Lipinski definition) is 2. The number of carbonyl (C=O) groups excluding carboxylic acids is 1. The number of hydrogen-bond acceptors (Lipinski definition) is 4. The lowest BCUT2D eigenvalue weighted by molar-refractivity contribution is -0.148. The largest absolute Gasteiger partial charge is 0.465 e. The van der Waals surface area contributed by atoms with Crippen LogP contribution in [0.2, 0.25) is 0 Å². The summed E-state index contributed by atoms with van der Waals surface area (Å²) in [6, 6.07) is -0.307. The van der Waals surface area contributed by atoms with Crippen LogP contribution in [0.1, 0.15) is 19.8 Å². The van der Waals surface area contributed by atoms with Crippen LogP contribution in [-0.4, -0.2) is 36.9 Å². The Balaban J connectivity index is 2.48. The van der Waals surface area contributed by atoms with Crippen molar-refractivity contribution < 1.29 is 14.6 Å². The van der Waals surface area contributed by atoms with Gasteiger partial charge in [-0.15, -0.1) is 0 Å². The van der Waals surface area contributed by atoms with E-state index in [9.17, 15) is 4.79 Å². The number of ether oxygens (including phenoxy) is 1. The second-order valence-corrected chi connectivity index (χ2v) is 3.27. The number of aliphatic hydroxyl groups is 1. The van der Waals surface area contributed by atoms with Gasteiger partial charge >= 0.3 is 5.97 Å². The zero-order chi connectivity index (χ0) is 9.68. The van der Waals surface area contributed by atoms with Gasteiger partial charge in [0.2, 0.25) is 0 Å². The Morgan fingerprint density at radius 2 is 2.46 bits per heavy atom. The molecule has 1 fully saturated rings. The number of rotatable bonds is 3. The highest BCUT2D eigenvalue weighted by Crippen LogP contribution is 2.16. The number of nitrogens with one attached hydrogen (secondary N) is 1. The standard InChI is InChI=1S/C9H17NO3/c1-2-13-9(12)8-7(6-11)4-3-5-10-8/h7-8,10-11H,2-6H2,1H3. The minimum absolute atomic E-state index is 0.0211. The number of esters is 1. The van der Waals surface area contributed by atoms with Crippen molar-refractivity contribution in [3.63, 3.8) is 0 Å². The van der Waals surface area contributed by atoms with Gasteiger partial charge in [0.1, 0.15) is 6.04 Å². The first kappa shape index (κ1) is 10.5. The van der Waals surface area contributed by atoms with E-state index < -0.39 is 0 Å². The van der Waals surface area contributed by atoms with Crippen LogP contribution in [0.4, 0.5) is 0 Å². The third kappa shape index (κ3) is 2.67. The quantitative estimate of drug-likeness (QED) is 0.606. The average molecular weight is 187 g/mol. The molecule has 13 heavy (non-hydrogen) atoms. The summed E-state index contributed by atoms with van der Waals surface area (Å²) in [5.41, 5.74) is 0. The summed E-state index contributed by atoms with van der Waals surface area (Å²) in [7, 11) is 0. The number of piperidine rings is 1. The maximum absolute atomic E-state index is 11.4. The van der Waals surface area contributed by atoms with Crippen molar-refractivity contribution >= 4 is 5.97 Å². The van der Waals surface area contributed by atoms with Crippen LogP contribution in [0.3, 0.4) is 0 Å². The van der Waals surface area contributed by atoms with Crippen molar-refractivity contribution in [2.45, 2.75) is 25.8 Å². The molecule has 1 aliphatic heterocycles. The summed E-state index contributed by atoms with van der Waals surface area (Å²) in [6.07, 6.45) is 1.91. The van der Waals surface area contributed by atoms with Crippen molar-refractivity contribution in [2.75, 3.05) is 19.8 Å². The Kier molecular flexibility index (Phi) is 4.18. The normalized spacial score (nSPS) is 28.5. The summed E-state index contributed by atoms with van der Waals surface area (Å²) in [5, 5.41) is 12.1. The zero-order valence-electron chi connectivity index (χ0n) is 7.95. The molecule has 2 unspecified atom stereocenters. The van der Waals surface area contributed by atoms with E-state index >= 15 is 0 Å². The molecule has 2 atom stereocenters. The van der Waals surface area contributed by atoms with Crippen molar-refractivity contribution in [3.8, 4) is 0 Å². The molecule has 2 N–H and O–H groups in total. The Labute approximate surface area is 78.3 Å². The van der Waals surface area contributed by atoms with Gasteiger partial charge in [-0.1, -0.05) is 0 Å². The molecular formula is C9H17NO3. The Morgan fingerprint density at radius 3 is 3.08 bits per heavy atom. The van der Waals surface area contributed by atoms with Crippen molar-refractivity contribution in [1.29, 1.82) is 0 Å². The van der Waals surface area contributed by atoms with E-state index in [-0.39, 0.29) is 24.5 Å². The van der Waals surface area contributed by atoms with Gasteiger partial charge in [0.15, 0.2) is 0 Å². The second-order valence-electron chi connectivity index (χ2n) is 3.27. The number of aliphatic hydroxyl groups excluding tert-OH is 1. The maximum Gasteiger partial charge on any atom is 0.323 e. The van der Waals surface area contributed by atoms with Gasteiger partial charge in [-0.05, 0) is 26.3 Å². The van der Waals surface area contributed by atoms with Crippen molar-refractivity contribution in [1.82, 2.24) is 5.32 Å². The molecule has 0 saturated carbocycles. The molecule has 0 aromatic carbocycles. The fourth-order valence-corrected chi connectivity index (χ4v) is 1.66. The average Bonchev–Trinajstić information content (AvgIpc) is 2.18. The molecule has 0 aliphatic carbocycles. The van der Waals surface area contributed by atoms with E-state index in [4.69, 9.17) is 9.84 Å². The van der Waals surface area contributed by atoms with Crippen LogP contribution < -0.4 is 5.32 Å². The van der Waals surface area contributed by atoms with E-state index in [0.29, 0.717) is 6.61 Å². The second kappa shape index (κ2) is 5.19. The highest BCUT2D eigenvalue weighted by Gasteiger charge is 2.30. The van der Waals surface area contributed by atoms with Gasteiger partial charge in [-0.3, -0.25) is 4.79 Å². The highest BCUT2D eigenvalue weighted by atomic mass is 16.5. The lowest BCUT2D eigenvalue weighted by Crippen LogP contribution is -2.48. The molecule has 1 saturated heterocycles. The minimum atomic E-state index is -0.307. The van der Waals surface area contributed by atoms with Crippen LogP contribution >= 0.6 is 0 Å². The molecule has 4 nitrogen and oxygen atoms in total. The highest BCUT2D eigenvalue weighted by molar-refractivity contribution is 5.76. The van der Waals surface area contributed by atoms with Crippen LogP contribution in [0, 0.1) is 5.92 Å².